The smallest absolute Gasteiger partial charge is 0.319 e. The van der Waals surface area contributed by atoms with E-state index in [1.54, 1.807) is 6.26 Å². The summed E-state index contributed by atoms with van der Waals surface area (Å²) in [6, 6.07) is 11.6. The van der Waals surface area contributed by atoms with Crippen molar-refractivity contribution in [2.45, 2.75) is 26.3 Å². The Morgan fingerprint density at radius 2 is 2.00 bits per heavy atom. The van der Waals surface area contributed by atoms with Gasteiger partial charge in [-0.3, -0.25) is 4.90 Å². The second kappa shape index (κ2) is 8.02. The number of benzene rings is 1. The Kier molecular flexibility index (Phi) is 5.54. The largest absolute Gasteiger partial charge is 0.468 e. The third-order valence-electron chi connectivity index (χ3n) is 4.61. The molecule has 2 heterocycles. The lowest BCUT2D eigenvalue weighted by atomic mass is 9.97. The first kappa shape index (κ1) is 16.6. The molecule has 1 aliphatic rings. The fraction of sp³-hybridized carbons (Fsp3) is 0.421. The molecule has 0 bridgehead atoms. The number of amides is 2. The van der Waals surface area contributed by atoms with E-state index >= 15 is 0 Å². The summed E-state index contributed by atoms with van der Waals surface area (Å²) in [5.74, 6) is 1.56. The van der Waals surface area contributed by atoms with Gasteiger partial charge in [-0.15, -0.1) is 0 Å². The van der Waals surface area contributed by atoms with Gasteiger partial charge in [-0.05, 0) is 62.5 Å². The Bertz CT molecular complexity index is 646. The molecule has 128 valence electrons. The standard InChI is InChI=1S/C19H25N3O2/c1-15-5-2-3-7-18(15)21-19(23)20-13-16-8-10-22(11-9-16)14-17-6-4-12-24-17/h2-7,12,16H,8-11,13-14H2,1H3,(H2,20,21,23). The lowest BCUT2D eigenvalue weighted by Crippen LogP contribution is -2.39. The topological polar surface area (TPSA) is 57.5 Å². The minimum atomic E-state index is -0.123. The molecule has 0 spiro atoms. The molecule has 5 heteroatoms. The predicted octanol–water partition coefficient (Wildman–Crippen LogP) is 3.62. The monoisotopic (exact) mass is 327 g/mol. The summed E-state index contributed by atoms with van der Waals surface area (Å²) in [4.78, 5) is 14.4. The van der Waals surface area contributed by atoms with Crippen molar-refractivity contribution in [3.63, 3.8) is 0 Å². The van der Waals surface area contributed by atoms with Crippen LogP contribution in [-0.4, -0.2) is 30.6 Å². The summed E-state index contributed by atoms with van der Waals surface area (Å²) >= 11 is 0. The summed E-state index contributed by atoms with van der Waals surface area (Å²) in [5.41, 5.74) is 1.93. The molecular formula is C19H25N3O2. The number of piperidine rings is 1. The van der Waals surface area contributed by atoms with Crippen LogP contribution in [0.5, 0.6) is 0 Å². The molecule has 5 nitrogen and oxygen atoms in total. The molecular weight excluding hydrogens is 302 g/mol. The van der Waals surface area contributed by atoms with Crippen LogP contribution in [-0.2, 0) is 6.54 Å². The number of nitrogens with one attached hydrogen (secondary N) is 2. The molecule has 24 heavy (non-hydrogen) atoms. The quantitative estimate of drug-likeness (QED) is 0.882. The van der Waals surface area contributed by atoms with Crippen molar-refractivity contribution in [3.05, 3.63) is 54.0 Å². The van der Waals surface area contributed by atoms with E-state index in [2.05, 4.69) is 15.5 Å². The van der Waals surface area contributed by atoms with Crippen LogP contribution in [0.2, 0.25) is 0 Å². The van der Waals surface area contributed by atoms with Crippen molar-refractivity contribution in [2.24, 2.45) is 5.92 Å². The Morgan fingerprint density at radius 1 is 1.21 bits per heavy atom. The summed E-state index contributed by atoms with van der Waals surface area (Å²) in [5, 5.41) is 5.92. The Morgan fingerprint density at radius 3 is 2.71 bits per heavy atom. The predicted molar refractivity (Wildman–Crippen MR) is 94.9 cm³/mol. The van der Waals surface area contributed by atoms with Crippen LogP contribution in [0.15, 0.2) is 47.1 Å². The van der Waals surface area contributed by atoms with Crippen LogP contribution in [0.3, 0.4) is 0 Å². The van der Waals surface area contributed by atoms with Crippen molar-refractivity contribution >= 4 is 11.7 Å². The first-order valence-electron chi connectivity index (χ1n) is 8.56. The molecule has 2 aromatic rings. The highest BCUT2D eigenvalue weighted by Gasteiger charge is 2.20. The molecule has 0 atom stereocenters. The molecule has 1 aliphatic heterocycles. The molecule has 2 N–H and O–H groups in total. The van der Waals surface area contributed by atoms with E-state index in [-0.39, 0.29) is 6.03 Å². The highest BCUT2D eigenvalue weighted by molar-refractivity contribution is 5.89. The summed E-state index contributed by atoms with van der Waals surface area (Å²) in [6.07, 6.45) is 3.93. The van der Waals surface area contributed by atoms with E-state index in [0.717, 1.165) is 56.0 Å². The van der Waals surface area contributed by atoms with E-state index < -0.39 is 0 Å². The lowest BCUT2D eigenvalue weighted by molar-refractivity contribution is 0.165. The minimum Gasteiger partial charge on any atom is -0.468 e. The van der Waals surface area contributed by atoms with Gasteiger partial charge in [-0.1, -0.05) is 18.2 Å². The minimum absolute atomic E-state index is 0.123. The molecule has 0 saturated carbocycles. The number of likely N-dealkylation sites (tertiary alicyclic amines) is 1. The van der Waals surface area contributed by atoms with Crippen molar-refractivity contribution < 1.29 is 9.21 Å². The zero-order valence-corrected chi connectivity index (χ0v) is 14.1. The fourth-order valence-corrected chi connectivity index (χ4v) is 3.09. The number of urea groups is 1. The second-order valence-electron chi connectivity index (χ2n) is 6.45. The van der Waals surface area contributed by atoms with Crippen molar-refractivity contribution in [2.75, 3.05) is 25.0 Å². The van der Waals surface area contributed by atoms with Crippen molar-refractivity contribution in [1.29, 1.82) is 0 Å². The number of furan rings is 1. The number of hydrogen-bond acceptors (Lipinski definition) is 3. The highest BCUT2D eigenvalue weighted by Crippen LogP contribution is 2.19. The number of carbonyl (C=O) groups is 1. The van der Waals surface area contributed by atoms with Crippen LogP contribution < -0.4 is 10.6 Å². The lowest BCUT2D eigenvalue weighted by Gasteiger charge is -2.31. The second-order valence-corrected chi connectivity index (χ2v) is 6.45. The molecule has 1 aromatic heterocycles. The molecule has 3 rings (SSSR count). The van der Waals surface area contributed by atoms with Crippen LogP contribution in [0.25, 0.3) is 0 Å². The molecule has 1 saturated heterocycles. The molecule has 0 aliphatic carbocycles. The third kappa shape index (κ3) is 4.61. The number of anilines is 1. The molecule has 2 amide bonds. The normalized spacial score (nSPS) is 16.0. The van der Waals surface area contributed by atoms with Gasteiger partial charge >= 0.3 is 6.03 Å². The van der Waals surface area contributed by atoms with Crippen molar-refractivity contribution in [1.82, 2.24) is 10.2 Å². The molecule has 0 unspecified atom stereocenters. The zero-order valence-electron chi connectivity index (χ0n) is 14.1. The first-order valence-corrected chi connectivity index (χ1v) is 8.56. The number of hydrogen-bond donors (Lipinski definition) is 2. The Hall–Kier alpha value is -2.27. The average Bonchev–Trinajstić information content (AvgIpc) is 3.09. The maximum Gasteiger partial charge on any atom is 0.319 e. The number of para-hydroxylation sites is 1. The Balaban J connectivity index is 1.37. The number of rotatable bonds is 5. The van der Waals surface area contributed by atoms with Gasteiger partial charge in [0.05, 0.1) is 12.8 Å². The van der Waals surface area contributed by atoms with Gasteiger partial charge in [0.1, 0.15) is 5.76 Å². The molecule has 1 aromatic carbocycles. The summed E-state index contributed by atoms with van der Waals surface area (Å²) in [6.45, 7) is 5.69. The first-order chi connectivity index (χ1) is 11.7. The zero-order chi connectivity index (χ0) is 16.8. The van der Waals surface area contributed by atoms with E-state index in [1.807, 2.05) is 43.3 Å². The van der Waals surface area contributed by atoms with Gasteiger partial charge in [-0.25, -0.2) is 4.79 Å². The summed E-state index contributed by atoms with van der Waals surface area (Å²) in [7, 11) is 0. The third-order valence-corrected chi connectivity index (χ3v) is 4.61. The average molecular weight is 327 g/mol. The SMILES string of the molecule is Cc1ccccc1NC(=O)NCC1CCN(Cc2ccco2)CC1. The van der Waals surface area contributed by atoms with Crippen LogP contribution >= 0.6 is 0 Å². The van der Waals surface area contributed by atoms with Gasteiger partial charge in [0.15, 0.2) is 0 Å². The van der Waals surface area contributed by atoms with E-state index in [1.165, 1.54) is 0 Å². The summed E-state index contributed by atoms with van der Waals surface area (Å²) < 4.78 is 5.40. The van der Waals surface area contributed by atoms with E-state index in [9.17, 15) is 4.79 Å². The van der Waals surface area contributed by atoms with Crippen molar-refractivity contribution in [3.8, 4) is 0 Å². The molecule has 0 radical (unpaired) electrons. The van der Waals surface area contributed by atoms with Gasteiger partial charge < -0.3 is 15.1 Å². The van der Waals surface area contributed by atoms with Gasteiger partial charge in [0.25, 0.3) is 0 Å². The van der Waals surface area contributed by atoms with Gasteiger partial charge in [-0.2, -0.15) is 0 Å². The maximum absolute atomic E-state index is 12.0. The van der Waals surface area contributed by atoms with Crippen LogP contribution in [0, 0.1) is 12.8 Å². The van der Waals surface area contributed by atoms with Gasteiger partial charge in [0, 0.05) is 12.2 Å². The number of carbonyl (C=O) groups excluding carboxylic acids is 1. The van der Waals surface area contributed by atoms with E-state index in [4.69, 9.17) is 4.42 Å². The fourth-order valence-electron chi connectivity index (χ4n) is 3.09. The Labute approximate surface area is 143 Å². The van der Waals surface area contributed by atoms with Crippen LogP contribution in [0.1, 0.15) is 24.2 Å². The van der Waals surface area contributed by atoms with E-state index in [0.29, 0.717) is 5.92 Å². The molecule has 1 fully saturated rings. The maximum atomic E-state index is 12.0. The number of nitrogens with zero attached hydrogens (tertiary/aromatic N) is 1. The highest BCUT2D eigenvalue weighted by atomic mass is 16.3. The number of aryl methyl sites for hydroxylation is 1. The van der Waals surface area contributed by atoms with Crippen LogP contribution in [0.4, 0.5) is 10.5 Å². The van der Waals surface area contributed by atoms with Gasteiger partial charge in [0.2, 0.25) is 0 Å².